The van der Waals surface area contributed by atoms with Gasteiger partial charge in [0.25, 0.3) is 0 Å². The van der Waals surface area contributed by atoms with E-state index in [0.717, 1.165) is 46.3 Å². The lowest BCUT2D eigenvalue weighted by Gasteiger charge is -2.36. The summed E-state index contributed by atoms with van der Waals surface area (Å²) in [5.41, 5.74) is 15.3. The number of amides is 2. The number of ether oxygens (including phenoxy) is 1. The molecule has 0 saturated heterocycles. The van der Waals surface area contributed by atoms with Crippen LogP contribution in [0.25, 0.3) is 22.2 Å². The van der Waals surface area contributed by atoms with E-state index in [4.69, 9.17) is 16.2 Å². The summed E-state index contributed by atoms with van der Waals surface area (Å²) in [4.78, 5) is 19.8. The Balaban J connectivity index is 1.47. The van der Waals surface area contributed by atoms with Crippen LogP contribution in [0.4, 0.5) is 10.6 Å². The topological polar surface area (TPSA) is 121 Å². The van der Waals surface area contributed by atoms with Gasteiger partial charge >= 0.3 is 6.03 Å². The highest BCUT2D eigenvalue weighted by molar-refractivity contribution is 6.01. The SMILES string of the molecule is NC(=O)NCC1CC(n2cc(-c3ccccc3OCc3ccccc3)c3c(N)ncnc32)C1. The molecule has 4 aromatic rings. The van der Waals surface area contributed by atoms with Gasteiger partial charge in [-0.25, -0.2) is 14.8 Å². The van der Waals surface area contributed by atoms with Crippen molar-refractivity contribution in [3.8, 4) is 16.9 Å². The summed E-state index contributed by atoms with van der Waals surface area (Å²) >= 11 is 0. The molecule has 8 nitrogen and oxygen atoms in total. The monoisotopic (exact) mass is 442 g/mol. The molecule has 2 aromatic heterocycles. The van der Waals surface area contributed by atoms with Crippen LogP contribution in [0.3, 0.4) is 0 Å². The second kappa shape index (κ2) is 8.82. The number of rotatable bonds is 7. The minimum absolute atomic E-state index is 0.271. The average Bonchev–Trinajstić information content (AvgIpc) is 3.18. The fraction of sp³-hybridized carbons (Fsp3) is 0.240. The Hall–Kier alpha value is -4.07. The molecule has 0 radical (unpaired) electrons. The number of nitrogens with zero attached hydrogens (tertiary/aromatic N) is 3. The van der Waals surface area contributed by atoms with Gasteiger partial charge in [-0.3, -0.25) is 0 Å². The molecular weight excluding hydrogens is 416 g/mol. The van der Waals surface area contributed by atoms with Crippen LogP contribution in [0.2, 0.25) is 0 Å². The van der Waals surface area contributed by atoms with Crippen molar-refractivity contribution in [3.05, 3.63) is 72.7 Å². The molecule has 2 amide bonds. The van der Waals surface area contributed by atoms with Crippen molar-refractivity contribution < 1.29 is 9.53 Å². The number of carbonyl (C=O) groups is 1. The Morgan fingerprint density at radius 1 is 1.06 bits per heavy atom. The Kier molecular flexibility index (Phi) is 5.56. The Labute approximate surface area is 191 Å². The highest BCUT2D eigenvalue weighted by atomic mass is 16.5. The second-order valence-electron chi connectivity index (χ2n) is 8.41. The number of fused-ring (bicyclic) bond motifs is 1. The van der Waals surface area contributed by atoms with E-state index in [1.165, 1.54) is 6.33 Å². The molecule has 1 fully saturated rings. The maximum atomic E-state index is 11.0. The van der Waals surface area contributed by atoms with Crippen LogP contribution in [-0.2, 0) is 6.61 Å². The van der Waals surface area contributed by atoms with Gasteiger partial charge in [0.05, 0.1) is 5.39 Å². The van der Waals surface area contributed by atoms with E-state index in [1.807, 2.05) is 54.6 Å². The van der Waals surface area contributed by atoms with E-state index in [2.05, 4.69) is 26.0 Å². The van der Waals surface area contributed by atoms with Crippen LogP contribution in [-0.4, -0.2) is 27.1 Å². The number of hydrogen-bond donors (Lipinski definition) is 3. The summed E-state index contributed by atoms with van der Waals surface area (Å²) in [7, 11) is 0. The van der Waals surface area contributed by atoms with Crippen molar-refractivity contribution >= 4 is 22.9 Å². The number of nitrogens with one attached hydrogen (secondary N) is 1. The van der Waals surface area contributed by atoms with Gasteiger partial charge in [-0.05, 0) is 30.4 Å². The predicted molar refractivity (Wildman–Crippen MR) is 127 cm³/mol. The lowest BCUT2D eigenvalue weighted by Crippen LogP contribution is -2.39. The minimum atomic E-state index is -0.486. The number of aromatic nitrogens is 3. The van der Waals surface area contributed by atoms with Gasteiger partial charge in [-0.2, -0.15) is 0 Å². The number of benzene rings is 2. The van der Waals surface area contributed by atoms with Gasteiger partial charge in [0.1, 0.15) is 30.1 Å². The van der Waals surface area contributed by atoms with Crippen LogP contribution < -0.4 is 21.5 Å². The van der Waals surface area contributed by atoms with E-state index < -0.39 is 6.03 Å². The van der Waals surface area contributed by atoms with Gasteiger partial charge in [0, 0.05) is 29.9 Å². The van der Waals surface area contributed by atoms with E-state index in [0.29, 0.717) is 24.9 Å². The molecule has 0 atom stereocenters. The Morgan fingerprint density at radius 3 is 2.61 bits per heavy atom. The molecule has 2 heterocycles. The summed E-state index contributed by atoms with van der Waals surface area (Å²) in [6, 6.07) is 17.8. The molecule has 1 aliphatic carbocycles. The highest BCUT2D eigenvalue weighted by Crippen LogP contribution is 2.44. The summed E-state index contributed by atoms with van der Waals surface area (Å²) < 4.78 is 8.38. The lowest BCUT2D eigenvalue weighted by molar-refractivity contribution is 0.194. The van der Waals surface area contributed by atoms with Crippen molar-refractivity contribution in [2.24, 2.45) is 11.7 Å². The zero-order valence-electron chi connectivity index (χ0n) is 18.1. The molecule has 168 valence electrons. The molecule has 1 aliphatic rings. The second-order valence-corrected chi connectivity index (χ2v) is 8.41. The molecular formula is C25H26N6O2. The number of hydrogen-bond acceptors (Lipinski definition) is 5. The van der Waals surface area contributed by atoms with Crippen LogP contribution in [0.1, 0.15) is 24.4 Å². The summed E-state index contributed by atoms with van der Waals surface area (Å²) in [6.45, 7) is 1.06. The van der Waals surface area contributed by atoms with E-state index in [1.54, 1.807) is 0 Å². The molecule has 0 aliphatic heterocycles. The fourth-order valence-electron chi connectivity index (χ4n) is 4.48. The number of anilines is 1. The Bertz CT molecular complexity index is 1280. The smallest absolute Gasteiger partial charge is 0.312 e. The first-order valence-electron chi connectivity index (χ1n) is 11.0. The number of primary amides is 1. The standard InChI is InChI=1S/C25H26N6O2/c26-23-22-20(19-8-4-5-9-21(19)33-14-16-6-2-1-3-7-16)13-31(24(22)30-15-29-23)18-10-17(11-18)12-28-25(27)32/h1-9,13,15,17-18H,10-12,14H2,(H2,26,29,30)(H3,27,28,32). The average molecular weight is 443 g/mol. The zero-order chi connectivity index (χ0) is 22.8. The number of nitrogens with two attached hydrogens (primary N) is 2. The Morgan fingerprint density at radius 2 is 1.82 bits per heavy atom. The normalized spacial score (nSPS) is 17.5. The van der Waals surface area contributed by atoms with Crippen molar-refractivity contribution in [1.82, 2.24) is 19.9 Å². The first kappa shape index (κ1) is 20.8. The molecule has 5 rings (SSSR count). The number of urea groups is 1. The van der Waals surface area contributed by atoms with E-state index >= 15 is 0 Å². The third-order valence-electron chi connectivity index (χ3n) is 6.22. The largest absolute Gasteiger partial charge is 0.488 e. The van der Waals surface area contributed by atoms with Gasteiger partial charge in [-0.1, -0.05) is 48.5 Å². The molecule has 0 spiro atoms. The first-order chi connectivity index (χ1) is 16.1. The third kappa shape index (κ3) is 4.19. The first-order valence-corrected chi connectivity index (χ1v) is 11.0. The zero-order valence-corrected chi connectivity index (χ0v) is 18.1. The summed E-state index contributed by atoms with van der Waals surface area (Å²) in [5, 5.41) is 3.53. The molecule has 1 saturated carbocycles. The van der Waals surface area contributed by atoms with Gasteiger partial charge in [0.15, 0.2) is 0 Å². The van der Waals surface area contributed by atoms with E-state index in [-0.39, 0.29) is 6.04 Å². The van der Waals surface area contributed by atoms with Crippen molar-refractivity contribution in [2.45, 2.75) is 25.5 Å². The lowest BCUT2D eigenvalue weighted by atomic mass is 9.80. The highest BCUT2D eigenvalue weighted by Gasteiger charge is 2.32. The number of carbonyl (C=O) groups excluding carboxylic acids is 1. The minimum Gasteiger partial charge on any atom is -0.488 e. The van der Waals surface area contributed by atoms with Crippen molar-refractivity contribution in [2.75, 3.05) is 12.3 Å². The number of nitrogen functional groups attached to an aromatic ring is 1. The van der Waals surface area contributed by atoms with Crippen LogP contribution >= 0.6 is 0 Å². The van der Waals surface area contributed by atoms with E-state index in [9.17, 15) is 4.79 Å². The maximum Gasteiger partial charge on any atom is 0.312 e. The molecule has 0 bridgehead atoms. The summed E-state index contributed by atoms with van der Waals surface area (Å²) in [6.07, 6.45) is 5.46. The molecule has 8 heteroatoms. The quantitative estimate of drug-likeness (QED) is 0.401. The van der Waals surface area contributed by atoms with Crippen LogP contribution in [0.15, 0.2) is 67.1 Å². The van der Waals surface area contributed by atoms with Gasteiger partial charge in [0.2, 0.25) is 0 Å². The van der Waals surface area contributed by atoms with Gasteiger partial charge < -0.3 is 26.1 Å². The summed E-state index contributed by atoms with van der Waals surface area (Å²) in [5.74, 6) is 1.61. The number of para-hydroxylation sites is 1. The third-order valence-corrected chi connectivity index (χ3v) is 6.22. The van der Waals surface area contributed by atoms with Crippen LogP contribution in [0.5, 0.6) is 5.75 Å². The van der Waals surface area contributed by atoms with Crippen molar-refractivity contribution in [1.29, 1.82) is 0 Å². The molecule has 0 unspecified atom stereocenters. The molecule has 2 aromatic carbocycles. The molecule has 33 heavy (non-hydrogen) atoms. The molecule has 5 N–H and O–H groups in total. The van der Waals surface area contributed by atoms with Crippen molar-refractivity contribution in [3.63, 3.8) is 0 Å². The predicted octanol–water partition coefficient (Wildman–Crippen LogP) is 3.88. The van der Waals surface area contributed by atoms with Gasteiger partial charge in [-0.15, -0.1) is 0 Å². The van der Waals surface area contributed by atoms with Crippen LogP contribution in [0, 0.1) is 5.92 Å². The fourth-order valence-corrected chi connectivity index (χ4v) is 4.48. The maximum absolute atomic E-state index is 11.0.